The average Bonchev–Trinajstić information content (AvgIpc) is 3.01. The third-order valence-corrected chi connectivity index (χ3v) is 4.44. The Labute approximate surface area is 135 Å². The number of carbonyl (C=O) groups is 1. The molecule has 0 atom stereocenters. The second-order valence-corrected chi connectivity index (χ2v) is 6.00. The summed E-state index contributed by atoms with van der Waals surface area (Å²) in [5, 5.41) is 4.07. The molecule has 2 aromatic rings. The number of carbonyl (C=O) groups excluding carboxylic acids is 1. The number of rotatable bonds is 3. The van der Waals surface area contributed by atoms with E-state index in [0.717, 1.165) is 37.4 Å². The molecule has 3 heterocycles. The summed E-state index contributed by atoms with van der Waals surface area (Å²) in [6.07, 6.45) is 8.68. The van der Waals surface area contributed by atoms with Gasteiger partial charge in [0, 0.05) is 51.8 Å². The molecular weight excluding hydrogens is 292 g/mol. The fraction of sp³-hybridized carbons (Fsp3) is 0.500. The van der Waals surface area contributed by atoms with Crippen LogP contribution in [0.4, 0.5) is 5.82 Å². The van der Waals surface area contributed by atoms with Crippen LogP contribution in [0, 0.1) is 6.92 Å². The number of hydrogen-bond acceptors (Lipinski definition) is 5. The average molecular weight is 314 g/mol. The Bertz CT molecular complexity index is 689. The zero-order valence-corrected chi connectivity index (χ0v) is 13.8. The maximum Gasteiger partial charge on any atom is 0.257 e. The van der Waals surface area contributed by atoms with Crippen LogP contribution < -0.4 is 4.90 Å². The fourth-order valence-electron chi connectivity index (χ4n) is 3.08. The molecule has 2 aromatic heterocycles. The molecule has 1 saturated heterocycles. The predicted molar refractivity (Wildman–Crippen MR) is 87.3 cm³/mol. The number of aromatic nitrogens is 4. The normalized spacial score (nSPS) is 15.7. The molecule has 1 amide bonds. The third kappa shape index (κ3) is 3.18. The van der Waals surface area contributed by atoms with Crippen molar-refractivity contribution in [3.05, 3.63) is 36.0 Å². The monoisotopic (exact) mass is 314 g/mol. The molecule has 23 heavy (non-hydrogen) atoms. The summed E-state index contributed by atoms with van der Waals surface area (Å²) in [6, 6.07) is 0.246. The lowest BCUT2D eigenvalue weighted by atomic mass is 10.0. The van der Waals surface area contributed by atoms with Crippen molar-refractivity contribution in [2.45, 2.75) is 25.8 Å². The Hall–Kier alpha value is -2.44. The smallest absolute Gasteiger partial charge is 0.257 e. The predicted octanol–water partition coefficient (Wildman–Crippen LogP) is 1.26. The van der Waals surface area contributed by atoms with Gasteiger partial charge in [0.1, 0.15) is 5.82 Å². The summed E-state index contributed by atoms with van der Waals surface area (Å²) < 4.78 is 1.65. The number of amides is 1. The number of aryl methyl sites for hydroxylation is 2. The van der Waals surface area contributed by atoms with Gasteiger partial charge in [-0.3, -0.25) is 14.5 Å². The van der Waals surface area contributed by atoms with E-state index in [4.69, 9.17) is 0 Å². The molecule has 0 N–H and O–H groups in total. The summed E-state index contributed by atoms with van der Waals surface area (Å²) in [5.74, 6) is 0.986. The maximum atomic E-state index is 12.5. The molecule has 1 fully saturated rings. The first-order chi connectivity index (χ1) is 11.1. The van der Waals surface area contributed by atoms with Crippen LogP contribution in [0.15, 0.2) is 24.8 Å². The minimum Gasteiger partial charge on any atom is -0.355 e. The van der Waals surface area contributed by atoms with Gasteiger partial charge in [-0.25, -0.2) is 4.98 Å². The highest BCUT2D eigenvalue weighted by Gasteiger charge is 2.27. The summed E-state index contributed by atoms with van der Waals surface area (Å²) in [7, 11) is 3.70. The zero-order valence-electron chi connectivity index (χ0n) is 13.8. The van der Waals surface area contributed by atoms with Crippen molar-refractivity contribution >= 4 is 11.7 Å². The Morgan fingerprint density at radius 2 is 1.96 bits per heavy atom. The quantitative estimate of drug-likeness (QED) is 0.853. The van der Waals surface area contributed by atoms with Gasteiger partial charge in [-0.1, -0.05) is 0 Å². The summed E-state index contributed by atoms with van der Waals surface area (Å²) >= 11 is 0. The van der Waals surface area contributed by atoms with E-state index in [-0.39, 0.29) is 11.9 Å². The molecule has 3 rings (SSSR count). The van der Waals surface area contributed by atoms with Crippen LogP contribution >= 0.6 is 0 Å². The number of hydrogen-bond donors (Lipinski definition) is 0. The first-order valence-electron chi connectivity index (χ1n) is 7.84. The largest absolute Gasteiger partial charge is 0.355 e. The molecule has 7 nitrogen and oxygen atoms in total. The van der Waals surface area contributed by atoms with Crippen LogP contribution in [0.2, 0.25) is 0 Å². The van der Waals surface area contributed by atoms with Crippen molar-refractivity contribution in [2.75, 3.05) is 25.0 Å². The Morgan fingerprint density at radius 1 is 1.26 bits per heavy atom. The maximum absolute atomic E-state index is 12.5. The Morgan fingerprint density at radius 3 is 2.57 bits per heavy atom. The van der Waals surface area contributed by atoms with E-state index >= 15 is 0 Å². The van der Waals surface area contributed by atoms with E-state index in [9.17, 15) is 4.79 Å². The summed E-state index contributed by atoms with van der Waals surface area (Å²) in [6.45, 7) is 3.75. The van der Waals surface area contributed by atoms with Crippen LogP contribution in [-0.4, -0.2) is 56.7 Å². The molecule has 0 saturated carbocycles. The molecule has 0 bridgehead atoms. The highest BCUT2D eigenvalue weighted by atomic mass is 16.2. The van der Waals surface area contributed by atoms with Crippen molar-refractivity contribution in [1.29, 1.82) is 0 Å². The standard InChI is InChI=1S/C16H22N6O/c1-12-15(18-7-6-17-12)22-8-4-14(5-9-22)21(3)16(23)13-10-19-20(2)11-13/h6-7,10-11,14H,4-5,8-9H2,1-3H3. The second kappa shape index (κ2) is 6.36. The van der Waals surface area contributed by atoms with Crippen molar-refractivity contribution in [3.63, 3.8) is 0 Å². The first-order valence-corrected chi connectivity index (χ1v) is 7.84. The summed E-state index contributed by atoms with van der Waals surface area (Å²) in [4.78, 5) is 25.3. The van der Waals surface area contributed by atoms with Crippen LogP contribution in [0.1, 0.15) is 28.9 Å². The van der Waals surface area contributed by atoms with E-state index < -0.39 is 0 Å². The van der Waals surface area contributed by atoms with Gasteiger partial charge in [0.2, 0.25) is 0 Å². The van der Waals surface area contributed by atoms with Crippen molar-refractivity contribution in [3.8, 4) is 0 Å². The number of anilines is 1. The Kier molecular flexibility index (Phi) is 4.27. The zero-order chi connectivity index (χ0) is 16.4. The van der Waals surface area contributed by atoms with Crippen molar-refractivity contribution in [2.24, 2.45) is 7.05 Å². The minimum atomic E-state index is 0.0345. The van der Waals surface area contributed by atoms with Gasteiger partial charge in [-0.05, 0) is 19.8 Å². The first kappa shape index (κ1) is 15.5. The lowest BCUT2D eigenvalue weighted by molar-refractivity contribution is 0.0709. The molecule has 0 aromatic carbocycles. The summed E-state index contributed by atoms with van der Waals surface area (Å²) in [5.41, 5.74) is 1.59. The SMILES string of the molecule is Cc1nccnc1N1CCC(N(C)C(=O)c2cnn(C)c2)CC1. The van der Waals surface area contributed by atoms with E-state index in [0.29, 0.717) is 5.56 Å². The van der Waals surface area contributed by atoms with Crippen LogP contribution in [-0.2, 0) is 7.05 Å². The fourth-order valence-corrected chi connectivity index (χ4v) is 3.08. The molecular formula is C16H22N6O. The van der Waals surface area contributed by atoms with Crippen LogP contribution in [0.25, 0.3) is 0 Å². The molecule has 0 spiro atoms. The molecule has 1 aliphatic heterocycles. The van der Waals surface area contributed by atoms with E-state index in [1.165, 1.54) is 0 Å². The molecule has 0 radical (unpaired) electrons. The molecule has 1 aliphatic rings. The molecule has 0 aliphatic carbocycles. The molecule has 0 unspecified atom stereocenters. The van der Waals surface area contributed by atoms with Gasteiger partial charge in [0.15, 0.2) is 0 Å². The minimum absolute atomic E-state index is 0.0345. The van der Waals surface area contributed by atoms with E-state index in [1.807, 2.05) is 25.9 Å². The highest BCUT2D eigenvalue weighted by Crippen LogP contribution is 2.22. The lowest BCUT2D eigenvalue weighted by Gasteiger charge is -2.37. The van der Waals surface area contributed by atoms with Gasteiger partial charge >= 0.3 is 0 Å². The third-order valence-electron chi connectivity index (χ3n) is 4.44. The highest BCUT2D eigenvalue weighted by molar-refractivity contribution is 5.93. The molecule has 122 valence electrons. The topological polar surface area (TPSA) is 67.2 Å². The van der Waals surface area contributed by atoms with Crippen LogP contribution in [0.3, 0.4) is 0 Å². The van der Waals surface area contributed by atoms with E-state index in [2.05, 4.69) is 20.0 Å². The van der Waals surface area contributed by atoms with Crippen molar-refractivity contribution in [1.82, 2.24) is 24.6 Å². The second-order valence-electron chi connectivity index (χ2n) is 6.00. The van der Waals surface area contributed by atoms with Gasteiger partial charge in [-0.2, -0.15) is 5.10 Å². The van der Waals surface area contributed by atoms with Gasteiger partial charge in [0.25, 0.3) is 5.91 Å². The number of piperidine rings is 1. The Balaban J connectivity index is 1.62. The van der Waals surface area contributed by atoms with Gasteiger partial charge in [-0.15, -0.1) is 0 Å². The van der Waals surface area contributed by atoms with Gasteiger partial charge in [0.05, 0.1) is 17.5 Å². The van der Waals surface area contributed by atoms with Crippen LogP contribution in [0.5, 0.6) is 0 Å². The van der Waals surface area contributed by atoms with E-state index in [1.54, 1.807) is 29.5 Å². The van der Waals surface area contributed by atoms with Gasteiger partial charge < -0.3 is 9.80 Å². The molecule has 7 heteroatoms. The van der Waals surface area contributed by atoms with Crippen molar-refractivity contribution < 1.29 is 4.79 Å². The lowest BCUT2D eigenvalue weighted by Crippen LogP contribution is -2.46. The number of nitrogens with zero attached hydrogens (tertiary/aromatic N) is 6.